The van der Waals surface area contributed by atoms with Gasteiger partial charge in [0, 0.05) is 10.0 Å². The molecule has 21 heavy (non-hydrogen) atoms. The van der Waals surface area contributed by atoms with Crippen molar-refractivity contribution in [1.82, 2.24) is 9.97 Å². The molecule has 0 saturated carbocycles. The van der Waals surface area contributed by atoms with Crippen molar-refractivity contribution in [2.75, 3.05) is 0 Å². The molecule has 3 nitrogen and oxygen atoms in total. The molecule has 0 spiro atoms. The van der Waals surface area contributed by atoms with Crippen molar-refractivity contribution in [1.29, 1.82) is 0 Å². The third-order valence-electron chi connectivity index (χ3n) is 2.95. The van der Waals surface area contributed by atoms with Crippen LogP contribution in [-0.2, 0) is 6.54 Å². The van der Waals surface area contributed by atoms with Crippen molar-refractivity contribution in [3.63, 3.8) is 0 Å². The highest BCUT2D eigenvalue weighted by Crippen LogP contribution is 2.31. The molecule has 1 aromatic heterocycles. The minimum atomic E-state index is -0.250. The van der Waals surface area contributed by atoms with Gasteiger partial charge >= 0.3 is 0 Å². The average Bonchev–Trinajstić information content (AvgIpc) is 2.92. The van der Waals surface area contributed by atoms with Crippen LogP contribution in [0.5, 0.6) is 0 Å². The lowest BCUT2D eigenvalue weighted by atomic mass is 10.0. The van der Waals surface area contributed by atoms with Crippen LogP contribution < -0.4 is 5.73 Å². The number of benzene rings is 2. The predicted octanol–water partition coefficient (Wildman–Crippen LogP) is 4.62. The summed E-state index contributed by atoms with van der Waals surface area (Å²) in [6.45, 7) is 4.36. The van der Waals surface area contributed by atoms with Gasteiger partial charge in [-0.2, -0.15) is 0 Å². The molecule has 0 aliphatic carbocycles. The quantitative estimate of drug-likeness (QED) is 0.709. The van der Waals surface area contributed by atoms with Gasteiger partial charge in [-0.3, -0.25) is 0 Å². The molecule has 0 fully saturated rings. The number of nitrogens with zero attached hydrogens (tertiary/aromatic N) is 1. The first kappa shape index (κ1) is 15.7. The molecule has 0 radical (unpaired) electrons. The summed E-state index contributed by atoms with van der Waals surface area (Å²) in [6.07, 6.45) is 0. The molecule has 3 rings (SSSR count). The van der Waals surface area contributed by atoms with Crippen molar-refractivity contribution in [2.45, 2.75) is 20.4 Å². The van der Waals surface area contributed by atoms with E-state index in [4.69, 9.17) is 5.73 Å². The van der Waals surface area contributed by atoms with Gasteiger partial charge in [0.1, 0.15) is 11.6 Å². The molecule has 3 N–H and O–H groups in total. The predicted molar refractivity (Wildman–Crippen MR) is 88.4 cm³/mol. The summed E-state index contributed by atoms with van der Waals surface area (Å²) in [7, 11) is 0. The Morgan fingerprint density at radius 1 is 1.19 bits per heavy atom. The molecule has 5 heteroatoms. The van der Waals surface area contributed by atoms with Crippen LogP contribution in [0.3, 0.4) is 0 Å². The second-order valence-electron chi connectivity index (χ2n) is 4.24. The summed E-state index contributed by atoms with van der Waals surface area (Å²) >= 11 is 3.47. The zero-order valence-electron chi connectivity index (χ0n) is 12.0. The maximum atomic E-state index is 13.0. The van der Waals surface area contributed by atoms with Crippen molar-refractivity contribution in [3.8, 4) is 11.1 Å². The number of hydrogen-bond donors (Lipinski definition) is 2. The highest BCUT2D eigenvalue weighted by molar-refractivity contribution is 9.10. The molecule has 0 amide bonds. The van der Waals surface area contributed by atoms with Gasteiger partial charge in [-0.1, -0.05) is 41.9 Å². The molecule has 0 atom stereocenters. The summed E-state index contributed by atoms with van der Waals surface area (Å²) in [5.41, 5.74) is 9.22. The van der Waals surface area contributed by atoms with Gasteiger partial charge in [0.2, 0.25) is 0 Å². The van der Waals surface area contributed by atoms with Crippen LogP contribution in [0, 0.1) is 5.82 Å². The Morgan fingerprint density at radius 3 is 2.48 bits per heavy atom. The van der Waals surface area contributed by atoms with Crippen molar-refractivity contribution >= 4 is 27.0 Å². The van der Waals surface area contributed by atoms with Crippen molar-refractivity contribution in [2.24, 2.45) is 5.73 Å². The van der Waals surface area contributed by atoms with Crippen LogP contribution in [0.1, 0.15) is 19.7 Å². The van der Waals surface area contributed by atoms with Gasteiger partial charge in [-0.15, -0.1) is 0 Å². The van der Waals surface area contributed by atoms with Gasteiger partial charge in [0.05, 0.1) is 17.6 Å². The van der Waals surface area contributed by atoms with E-state index in [1.807, 2.05) is 26.0 Å². The van der Waals surface area contributed by atoms with E-state index < -0.39 is 0 Å². The SMILES string of the molecule is CC.NCc1nc2c(-c3ccc(F)cc3)cc(Br)cc2[nH]1. The number of nitrogens with two attached hydrogens (primary N) is 1. The topological polar surface area (TPSA) is 54.7 Å². The van der Waals surface area contributed by atoms with Crippen LogP contribution >= 0.6 is 15.9 Å². The Morgan fingerprint density at radius 2 is 1.86 bits per heavy atom. The molecule has 110 valence electrons. The normalized spacial score (nSPS) is 10.3. The van der Waals surface area contributed by atoms with Crippen molar-refractivity contribution in [3.05, 3.63) is 52.5 Å². The summed E-state index contributed by atoms with van der Waals surface area (Å²) in [5.74, 6) is 0.483. The lowest BCUT2D eigenvalue weighted by molar-refractivity contribution is 0.628. The van der Waals surface area contributed by atoms with E-state index in [0.717, 1.165) is 32.5 Å². The van der Waals surface area contributed by atoms with E-state index in [0.29, 0.717) is 6.54 Å². The maximum Gasteiger partial charge on any atom is 0.123 e. The monoisotopic (exact) mass is 349 g/mol. The molecule has 3 aromatic rings. The number of aromatic amines is 1. The summed E-state index contributed by atoms with van der Waals surface area (Å²) in [6, 6.07) is 10.3. The first-order valence-electron chi connectivity index (χ1n) is 6.81. The number of aromatic nitrogens is 2. The average molecular weight is 350 g/mol. The van der Waals surface area contributed by atoms with Crippen LogP contribution in [-0.4, -0.2) is 9.97 Å². The van der Waals surface area contributed by atoms with Gasteiger partial charge in [-0.05, 0) is 29.8 Å². The lowest BCUT2D eigenvalue weighted by Crippen LogP contribution is -1.97. The van der Waals surface area contributed by atoms with E-state index in [1.54, 1.807) is 12.1 Å². The van der Waals surface area contributed by atoms with Gasteiger partial charge in [0.25, 0.3) is 0 Å². The van der Waals surface area contributed by atoms with E-state index in [2.05, 4.69) is 25.9 Å². The Labute approximate surface area is 131 Å². The van der Waals surface area contributed by atoms with E-state index >= 15 is 0 Å². The van der Waals surface area contributed by atoms with E-state index in [9.17, 15) is 4.39 Å². The molecule has 2 aromatic carbocycles. The minimum absolute atomic E-state index is 0.250. The second kappa shape index (κ2) is 6.83. The number of hydrogen-bond acceptors (Lipinski definition) is 2. The van der Waals surface area contributed by atoms with Crippen LogP contribution in [0.4, 0.5) is 4.39 Å². The zero-order valence-corrected chi connectivity index (χ0v) is 13.5. The molecule has 0 saturated heterocycles. The van der Waals surface area contributed by atoms with Crippen LogP contribution in [0.25, 0.3) is 22.2 Å². The van der Waals surface area contributed by atoms with Crippen LogP contribution in [0.15, 0.2) is 40.9 Å². The lowest BCUT2D eigenvalue weighted by Gasteiger charge is -2.04. The number of halogens is 2. The molecule has 0 aliphatic heterocycles. The third kappa shape index (κ3) is 3.31. The number of nitrogens with one attached hydrogen (secondary N) is 1. The fourth-order valence-corrected chi connectivity index (χ4v) is 2.54. The van der Waals surface area contributed by atoms with E-state index in [1.165, 1.54) is 12.1 Å². The standard InChI is InChI=1S/C14H11BrFN3.C2H6/c15-9-5-11(8-1-3-10(16)4-2-8)14-12(6-9)18-13(7-17)19-14;1-2/h1-6H,7,17H2,(H,18,19);1-2H3. The first-order chi connectivity index (χ1) is 10.2. The smallest absolute Gasteiger partial charge is 0.123 e. The Kier molecular flexibility index (Phi) is 5.09. The molecule has 0 aliphatic rings. The van der Waals surface area contributed by atoms with Gasteiger partial charge in [0.15, 0.2) is 0 Å². The molecule has 1 heterocycles. The Bertz CT molecular complexity index is 735. The van der Waals surface area contributed by atoms with E-state index in [-0.39, 0.29) is 5.82 Å². The number of rotatable bonds is 2. The number of fused-ring (bicyclic) bond motifs is 1. The fourth-order valence-electron chi connectivity index (χ4n) is 2.08. The largest absolute Gasteiger partial charge is 0.341 e. The number of imidazole rings is 1. The van der Waals surface area contributed by atoms with Crippen molar-refractivity contribution < 1.29 is 4.39 Å². The highest BCUT2D eigenvalue weighted by atomic mass is 79.9. The Hall–Kier alpha value is -1.72. The number of H-pyrrole nitrogens is 1. The highest BCUT2D eigenvalue weighted by Gasteiger charge is 2.10. The molecular weight excluding hydrogens is 333 g/mol. The minimum Gasteiger partial charge on any atom is -0.341 e. The zero-order chi connectivity index (χ0) is 15.4. The second-order valence-corrected chi connectivity index (χ2v) is 5.16. The summed E-state index contributed by atoms with van der Waals surface area (Å²) in [4.78, 5) is 7.64. The molecule has 0 bridgehead atoms. The Balaban J connectivity index is 0.000000774. The fraction of sp³-hybridized carbons (Fsp3) is 0.188. The summed E-state index contributed by atoms with van der Waals surface area (Å²) < 4.78 is 13.9. The molecule has 0 unspecified atom stereocenters. The molecular formula is C16H17BrFN3. The maximum absolute atomic E-state index is 13.0. The third-order valence-corrected chi connectivity index (χ3v) is 3.41. The summed E-state index contributed by atoms with van der Waals surface area (Å²) in [5, 5.41) is 0. The van der Waals surface area contributed by atoms with Gasteiger partial charge in [-0.25, -0.2) is 9.37 Å². The van der Waals surface area contributed by atoms with Gasteiger partial charge < -0.3 is 10.7 Å². The van der Waals surface area contributed by atoms with Crippen LogP contribution in [0.2, 0.25) is 0 Å². The first-order valence-corrected chi connectivity index (χ1v) is 7.61.